The van der Waals surface area contributed by atoms with Gasteiger partial charge in [0.2, 0.25) is 0 Å². The van der Waals surface area contributed by atoms with Crippen molar-refractivity contribution in [2.75, 3.05) is 6.54 Å². The summed E-state index contributed by atoms with van der Waals surface area (Å²) in [6.45, 7) is 2.63. The van der Waals surface area contributed by atoms with E-state index < -0.39 is 6.10 Å². The van der Waals surface area contributed by atoms with E-state index in [9.17, 15) is 9.90 Å². The van der Waals surface area contributed by atoms with E-state index in [-0.39, 0.29) is 12.6 Å². The second kappa shape index (κ2) is 8.14. The molecule has 2 amide bonds. The van der Waals surface area contributed by atoms with Crippen molar-refractivity contribution >= 4 is 6.03 Å². The molecule has 1 atom stereocenters. The van der Waals surface area contributed by atoms with E-state index in [1.54, 1.807) is 23.3 Å². The molecule has 3 N–H and O–H groups in total. The quantitative estimate of drug-likeness (QED) is 0.717. The van der Waals surface area contributed by atoms with Gasteiger partial charge in [0.15, 0.2) is 0 Å². The summed E-state index contributed by atoms with van der Waals surface area (Å²) in [6, 6.07) is 3.46. The molecule has 2 rings (SSSR count). The summed E-state index contributed by atoms with van der Waals surface area (Å²) in [5, 5.41) is 14.9. The molecule has 0 fully saturated rings. The molecule has 7 nitrogen and oxygen atoms in total. The van der Waals surface area contributed by atoms with Crippen LogP contribution in [-0.4, -0.2) is 38.3 Å². The van der Waals surface area contributed by atoms with Crippen molar-refractivity contribution in [1.82, 2.24) is 25.2 Å². The number of amides is 2. The van der Waals surface area contributed by atoms with Crippen LogP contribution in [0.5, 0.6) is 0 Å². The lowest BCUT2D eigenvalue weighted by atomic mass is 10.2. The van der Waals surface area contributed by atoms with Gasteiger partial charge in [-0.3, -0.25) is 4.57 Å². The topological polar surface area (TPSA) is 92.1 Å². The normalized spacial score (nSPS) is 11.9. The third kappa shape index (κ3) is 4.85. The maximum absolute atomic E-state index is 11.6. The van der Waals surface area contributed by atoms with Crippen molar-refractivity contribution in [3.05, 3.63) is 42.6 Å². The van der Waals surface area contributed by atoms with Gasteiger partial charge in [0.1, 0.15) is 12.1 Å². The van der Waals surface area contributed by atoms with Crippen molar-refractivity contribution in [1.29, 1.82) is 0 Å². The Morgan fingerprint density at radius 1 is 1.41 bits per heavy atom. The fourth-order valence-electron chi connectivity index (χ4n) is 1.96. The first-order valence-electron chi connectivity index (χ1n) is 7.32. The number of aliphatic hydroxyl groups excluding tert-OH is 1. The minimum Gasteiger partial charge on any atom is -0.391 e. The number of urea groups is 1. The molecule has 2 heterocycles. The fraction of sp³-hybridized carbons (Fsp3) is 0.400. The van der Waals surface area contributed by atoms with Crippen LogP contribution in [0.3, 0.4) is 0 Å². The summed E-state index contributed by atoms with van der Waals surface area (Å²) in [4.78, 5) is 19.9. The number of hydrogen-bond donors (Lipinski definition) is 3. The molecular formula is C15H21N5O2. The second-order valence-corrected chi connectivity index (χ2v) is 5.00. The van der Waals surface area contributed by atoms with Gasteiger partial charge in [-0.15, -0.1) is 0 Å². The molecular weight excluding hydrogens is 282 g/mol. The van der Waals surface area contributed by atoms with E-state index in [0.29, 0.717) is 13.0 Å². The van der Waals surface area contributed by atoms with Crippen molar-refractivity contribution in [2.24, 2.45) is 0 Å². The minimum absolute atomic E-state index is 0.261. The fourth-order valence-corrected chi connectivity index (χ4v) is 1.96. The van der Waals surface area contributed by atoms with Gasteiger partial charge in [-0.05, 0) is 18.1 Å². The highest BCUT2D eigenvalue weighted by Crippen LogP contribution is 2.05. The summed E-state index contributed by atoms with van der Waals surface area (Å²) in [5.41, 5.74) is 0.896. The van der Waals surface area contributed by atoms with E-state index in [1.165, 1.54) is 0 Å². The molecule has 1 unspecified atom stereocenters. The number of pyridine rings is 1. The zero-order valence-electron chi connectivity index (χ0n) is 12.6. The molecule has 0 saturated carbocycles. The maximum atomic E-state index is 11.6. The zero-order valence-corrected chi connectivity index (χ0v) is 12.6. The first kappa shape index (κ1) is 16.0. The van der Waals surface area contributed by atoms with E-state index in [2.05, 4.69) is 20.6 Å². The summed E-state index contributed by atoms with van der Waals surface area (Å²) >= 11 is 0. The number of aromatic nitrogens is 3. The Kier molecular flexibility index (Phi) is 5.91. The van der Waals surface area contributed by atoms with Gasteiger partial charge in [0.25, 0.3) is 0 Å². The van der Waals surface area contributed by atoms with Gasteiger partial charge in [-0.25, -0.2) is 14.8 Å². The Labute approximate surface area is 129 Å². The molecule has 0 aliphatic heterocycles. The summed E-state index contributed by atoms with van der Waals surface area (Å²) in [5.74, 6) is 0.772. The molecule has 0 radical (unpaired) electrons. The van der Waals surface area contributed by atoms with Crippen molar-refractivity contribution in [2.45, 2.75) is 32.4 Å². The Morgan fingerprint density at radius 3 is 2.91 bits per heavy atom. The van der Waals surface area contributed by atoms with Crippen LogP contribution in [0.1, 0.15) is 25.3 Å². The van der Waals surface area contributed by atoms with E-state index in [0.717, 1.165) is 17.8 Å². The predicted octanol–water partition coefficient (Wildman–Crippen LogP) is 1.23. The van der Waals surface area contributed by atoms with E-state index >= 15 is 0 Å². The summed E-state index contributed by atoms with van der Waals surface area (Å²) in [7, 11) is 0. The first-order chi connectivity index (χ1) is 10.7. The standard InChI is InChI=1S/C15H21N5O2/c1-2-3-13(21)10-19-15(22)18-9-12-4-5-14(17-8-12)20-7-6-16-11-20/h4-8,11,13,21H,2-3,9-10H2,1H3,(H2,18,19,22). The van der Waals surface area contributed by atoms with Crippen LogP contribution in [0.4, 0.5) is 4.79 Å². The van der Waals surface area contributed by atoms with Crippen LogP contribution in [0.2, 0.25) is 0 Å². The second-order valence-electron chi connectivity index (χ2n) is 5.00. The van der Waals surface area contributed by atoms with E-state index in [4.69, 9.17) is 0 Å². The lowest BCUT2D eigenvalue weighted by Gasteiger charge is -2.11. The van der Waals surface area contributed by atoms with Gasteiger partial charge in [0, 0.05) is 31.7 Å². The number of aliphatic hydroxyl groups is 1. The van der Waals surface area contributed by atoms with Crippen LogP contribution >= 0.6 is 0 Å². The van der Waals surface area contributed by atoms with Gasteiger partial charge in [-0.1, -0.05) is 19.4 Å². The molecule has 0 aromatic carbocycles. The molecule has 22 heavy (non-hydrogen) atoms. The Morgan fingerprint density at radius 2 is 2.27 bits per heavy atom. The van der Waals surface area contributed by atoms with Crippen LogP contribution in [0.15, 0.2) is 37.1 Å². The average Bonchev–Trinajstić information content (AvgIpc) is 3.06. The van der Waals surface area contributed by atoms with Gasteiger partial charge in [0.05, 0.1) is 6.10 Å². The monoisotopic (exact) mass is 303 g/mol. The largest absolute Gasteiger partial charge is 0.391 e. The number of rotatable bonds is 7. The maximum Gasteiger partial charge on any atom is 0.315 e. The molecule has 2 aromatic heterocycles. The smallest absolute Gasteiger partial charge is 0.315 e. The number of hydrogen-bond acceptors (Lipinski definition) is 4. The Bertz CT molecular complexity index is 568. The molecule has 0 aliphatic carbocycles. The van der Waals surface area contributed by atoms with Gasteiger partial charge in [-0.2, -0.15) is 0 Å². The number of carbonyl (C=O) groups excluding carboxylic acids is 1. The molecule has 7 heteroatoms. The van der Waals surface area contributed by atoms with Crippen LogP contribution in [-0.2, 0) is 6.54 Å². The SMILES string of the molecule is CCCC(O)CNC(=O)NCc1ccc(-n2ccnc2)nc1. The zero-order chi connectivity index (χ0) is 15.8. The molecule has 0 aliphatic rings. The average molecular weight is 303 g/mol. The predicted molar refractivity (Wildman–Crippen MR) is 82.5 cm³/mol. The van der Waals surface area contributed by atoms with Crippen LogP contribution < -0.4 is 10.6 Å². The van der Waals surface area contributed by atoms with Crippen LogP contribution in [0, 0.1) is 0 Å². The Balaban J connectivity index is 1.76. The molecule has 2 aromatic rings. The molecule has 0 bridgehead atoms. The molecule has 118 valence electrons. The molecule has 0 spiro atoms. The van der Waals surface area contributed by atoms with Crippen molar-refractivity contribution in [3.8, 4) is 5.82 Å². The summed E-state index contributed by atoms with van der Waals surface area (Å²) in [6.07, 6.45) is 7.96. The van der Waals surface area contributed by atoms with Crippen molar-refractivity contribution < 1.29 is 9.90 Å². The Hall–Kier alpha value is -2.41. The first-order valence-corrected chi connectivity index (χ1v) is 7.32. The number of nitrogens with one attached hydrogen (secondary N) is 2. The highest BCUT2D eigenvalue weighted by molar-refractivity contribution is 5.73. The highest BCUT2D eigenvalue weighted by atomic mass is 16.3. The highest BCUT2D eigenvalue weighted by Gasteiger charge is 2.06. The number of imidazole rings is 1. The van der Waals surface area contributed by atoms with Crippen molar-refractivity contribution in [3.63, 3.8) is 0 Å². The molecule has 0 saturated heterocycles. The third-order valence-corrected chi connectivity index (χ3v) is 3.15. The lowest BCUT2D eigenvalue weighted by molar-refractivity contribution is 0.160. The van der Waals surface area contributed by atoms with Gasteiger partial charge < -0.3 is 15.7 Å². The summed E-state index contributed by atoms with van der Waals surface area (Å²) < 4.78 is 1.80. The lowest BCUT2D eigenvalue weighted by Crippen LogP contribution is -2.39. The number of carbonyl (C=O) groups is 1. The van der Waals surface area contributed by atoms with Crippen LogP contribution in [0.25, 0.3) is 5.82 Å². The minimum atomic E-state index is -0.494. The van der Waals surface area contributed by atoms with Gasteiger partial charge >= 0.3 is 6.03 Å². The number of nitrogens with zero attached hydrogens (tertiary/aromatic N) is 3. The third-order valence-electron chi connectivity index (χ3n) is 3.15. The van der Waals surface area contributed by atoms with E-state index in [1.807, 2.05) is 25.3 Å².